The Kier molecular flexibility index (Phi) is 10.2. The minimum Gasteiger partial charge on any atom is -0.481 e. The third-order valence-electron chi connectivity index (χ3n) is 5.45. The van der Waals surface area contributed by atoms with E-state index in [-0.39, 0.29) is 48.8 Å². The molecule has 0 aliphatic carbocycles. The molecule has 1 fully saturated rings. The topological polar surface area (TPSA) is 188 Å². The van der Waals surface area contributed by atoms with E-state index in [1.54, 1.807) is 0 Å². The number of aliphatic carboxylic acids is 1. The van der Waals surface area contributed by atoms with E-state index < -0.39 is 54.1 Å². The number of rotatable bonds is 10. The number of amides is 4. The van der Waals surface area contributed by atoms with Crippen LogP contribution in [-0.2, 0) is 28.7 Å². The Bertz CT molecular complexity index is 1040. The van der Waals surface area contributed by atoms with Crippen molar-refractivity contribution in [2.75, 3.05) is 39.1 Å². The number of carbonyl (C=O) groups excluding carboxylic acids is 5. The molecule has 3 atom stereocenters. The summed E-state index contributed by atoms with van der Waals surface area (Å²) >= 11 is 5.95. The maximum absolute atomic E-state index is 13.2. The summed E-state index contributed by atoms with van der Waals surface area (Å²) < 4.78 is 4.84. The second kappa shape index (κ2) is 12.8. The smallest absolute Gasteiger partial charge is 0.305 e. The number of nitrogen functional groups attached to an aromatic ring is 1. The summed E-state index contributed by atoms with van der Waals surface area (Å²) in [5, 5.41) is 13.9. The summed E-state index contributed by atoms with van der Waals surface area (Å²) in [5.41, 5.74) is 6.10. The molecule has 1 aromatic carbocycles. The van der Waals surface area contributed by atoms with Crippen LogP contribution < -0.4 is 16.4 Å². The first-order valence-corrected chi connectivity index (χ1v) is 11.3. The van der Waals surface area contributed by atoms with Crippen molar-refractivity contribution in [1.82, 2.24) is 20.4 Å². The minimum absolute atomic E-state index is 0.0506. The van der Waals surface area contributed by atoms with Gasteiger partial charge in [0.15, 0.2) is 0 Å². The Morgan fingerprint density at radius 2 is 1.94 bits per heavy atom. The van der Waals surface area contributed by atoms with Gasteiger partial charge in [-0.25, -0.2) is 0 Å². The first-order chi connectivity index (χ1) is 17.0. The summed E-state index contributed by atoms with van der Waals surface area (Å²) in [6.07, 6.45) is -0.381. The maximum atomic E-state index is 13.2. The summed E-state index contributed by atoms with van der Waals surface area (Å²) in [5.74, 6) is -3.76. The van der Waals surface area contributed by atoms with Crippen molar-refractivity contribution in [2.45, 2.75) is 31.5 Å². The van der Waals surface area contributed by atoms with Gasteiger partial charge in [-0.3, -0.25) is 24.0 Å². The number of ether oxygens (including phenoxy) is 1. The molecule has 14 heteroatoms. The molecule has 0 saturated carbocycles. The molecule has 1 aromatic rings. The van der Waals surface area contributed by atoms with Gasteiger partial charge in [0, 0.05) is 25.8 Å². The number of nitrogens with one attached hydrogen (secondary N) is 2. The lowest BCUT2D eigenvalue weighted by Gasteiger charge is -2.41. The van der Waals surface area contributed by atoms with E-state index >= 15 is 0 Å². The zero-order valence-electron chi connectivity index (χ0n) is 19.7. The number of hydrogen-bond acceptors (Lipinski definition) is 8. The Balaban J connectivity index is 2.20. The molecule has 1 aliphatic rings. The standard InChI is InChI=1S/C22H28ClN5O8/c1-12(25-20(33)13-3-4-16(24)15(23)7-13)22(35)28-6-5-27(18(30)11-36-2)9-17(28)21(34)26-14(10-29)8-19(31)32/h3-4,7,10,12,14,17H,5-6,8-9,11,24H2,1-2H3,(H,25,33)(H,26,34)(H,31,32)/t12-,14-,17-/m0/s1. The average Bonchev–Trinajstić information content (AvgIpc) is 2.84. The van der Waals surface area contributed by atoms with Gasteiger partial charge in [0.2, 0.25) is 17.7 Å². The van der Waals surface area contributed by atoms with Crippen LogP contribution in [0.25, 0.3) is 0 Å². The Hall–Kier alpha value is -3.71. The van der Waals surface area contributed by atoms with Gasteiger partial charge in [0.25, 0.3) is 5.91 Å². The highest BCUT2D eigenvalue weighted by Crippen LogP contribution is 2.20. The molecular weight excluding hydrogens is 498 g/mol. The number of aldehydes is 1. The van der Waals surface area contributed by atoms with Gasteiger partial charge >= 0.3 is 5.97 Å². The number of carboxylic acid groups (broad SMARTS) is 1. The zero-order valence-corrected chi connectivity index (χ0v) is 20.5. The van der Waals surface area contributed by atoms with Gasteiger partial charge in [0.1, 0.15) is 25.0 Å². The van der Waals surface area contributed by atoms with Gasteiger partial charge in [0.05, 0.1) is 29.7 Å². The Labute approximate surface area is 211 Å². The lowest BCUT2D eigenvalue weighted by molar-refractivity contribution is -0.151. The van der Waals surface area contributed by atoms with E-state index in [9.17, 15) is 28.8 Å². The lowest BCUT2D eigenvalue weighted by atomic mass is 10.1. The number of halogens is 1. The van der Waals surface area contributed by atoms with E-state index in [0.717, 1.165) is 0 Å². The molecule has 4 amide bonds. The van der Waals surface area contributed by atoms with Crippen molar-refractivity contribution in [3.63, 3.8) is 0 Å². The quantitative estimate of drug-likeness (QED) is 0.217. The lowest BCUT2D eigenvalue weighted by Crippen LogP contribution is -2.65. The molecule has 2 rings (SSSR count). The molecule has 0 unspecified atom stereocenters. The molecule has 1 heterocycles. The van der Waals surface area contributed by atoms with E-state index in [1.807, 2.05) is 0 Å². The first-order valence-electron chi connectivity index (χ1n) is 10.9. The van der Waals surface area contributed by atoms with Gasteiger partial charge in [-0.2, -0.15) is 0 Å². The molecule has 36 heavy (non-hydrogen) atoms. The third kappa shape index (κ3) is 7.39. The first kappa shape index (κ1) is 28.5. The molecule has 1 aliphatic heterocycles. The number of methoxy groups -OCH3 is 1. The highest BCUT2D eigenvalue weighted by molar-refractivity contribution is 6.33. The largest absolute Gasteiger partial charge is 0.481 e. The number of piperazine rings is 1. The SMILES string of the molecule is COCC(=O)N1CCN(C(=O)[C@H](C)NC(=O)c2ccc(N)c(Cl)c2)[C@H](C(=O)N[C@H](C=O)CC(=O)O)C1. The van der Waals surface area contributed by atoms with E-state index in [1.165, 1.54) is 42.0 Å². The van der Waals surface area contributed by atoms with E-state index in [4.69, 9.17) is 27.2 Å². The number of hydrogen-bond donors (Lipinski definition) is 4. The average molecular weight is 526 g/mol. The predicted molar refractivity (Wildman–Crippen MR) is 127 cm³/mol. The van der Waals surface area contributed by atoms with Crippen LogP contribution in [0.3, 0.4) is 0 Å². The summed E-state index contributed by atoms with van der Waals surface area (Å²) in [6.45, 7) is 1.01. The minimum atomic E-state index is -1.33. The highest BCUT2D eigenvalue weighted by atomic mass is 35.5. The van der Waals surface area contributed by atoms with E-state index in [2.05, 4.69) is 10.6 Å². The number of benzene rings is 1. The fourth-order valence-corrected chi connectivity index (χ4v) is 3.75. The van der Waals surface area contributed by atoms with E-state index in [0.29, 0.717) is 0 Å². The normalized spacial score (nSPS) is 17.0. The number of carboxylic acids is 1. The van der Waals surface area contributed by atoms with Crippen LogP contribution in [0.15, 0.2) is 18.2 Å². The second-order valence-corrected chi connectivity index (χ2v) is 8.51. The number of nitrogens with two attached hydrogens (primary N) is 1. The van der Waals surface area contributed by atoms with Crippen LogP contribution >= 0.6 is 11.6 Å². The fourth-order valence-electron chi connectivity index (χ4n) is 3.57. The van der Waals surface area contributed by atoms with Crippen molar-refractivity contribution in [3.8, 4) is 0 Å². The molecule has 0 bridgehead atoms. The van der Waals surface area contributed by atoms with Crippen LogP contribution in [0.1, 0.15) is 23.7 Å². The van der Waals surface area contributed by atoms with Crippen molar-refractivity contribution in [3.05, 3.63) is 28.8 Å². The van der Waals surface area contributed by atoms with Gasteiger partial charge in [-0.15, -0.1) is 0 Å². The maximum Gasteiger partial charge on any atom is 0.305 e. The van der Waals surface area contributed by atoms with Gasteiger partial charge in [-0.05, 0) is 25.1 Å². The molecule has 0 radical (unpaired) electrons. The molecule has 5 N–H and O–H groups in total. The van der Waals surface area contributed by atoms with Gasteiger partial charge < -0.3 is 40.8 Å². The zero-order chi connectivity index (χ0) is 27.0. The molecule has 13 nitrogen and oxygen atoms in total. The fraction of sp³-hybridized carbons (Fsp3) is 0.455. The monoisotopic (exact) mass is 525 g/mol. The summed E-state index contributed by atoms with van der Waals surface area (Å²) in [7, 11) is 1.33. The molecule has 0 aromatic heterocycles. The van der Waals surface area contributed by atoms with Crippen LogP contribution in [-0.4, -0.2) is 102 Å². The summed E-state index contributed by atoms with van der Waals surface area (Å²) in [6, 6.07) is 0.582. The molecule has 0 spiro atoms. The molecular formula is C22H28ClN5O8. The number of carbonyl (C=O) groups is 6. The summed E-state index contributed by atoms with van der Waals surface area (Å²) in [4.78, 5) is 75.8. The number of anilines is 1. The van der Waals surface area contributed by atoms with Crippen molar-refractivity contribution >= 4 is 53.2 Å². The second-order valence-electron chi connectivity index (χ2n) is 8.10. The van der Waals surface area contributed by atoms with Crippen LogP contribution in [0.5, 0.6) is 0 Å². The predicted octanol–water partition coefficient (Wildman–Crippen LogP) is -1.12. The number of nitrogens with zero attached hydrogens (tertiary/aromatic N) is 2. The van der Waals surface area contributed by atoms with Crippen molar-refractivity contribution in [1.29, 1.82) is 0 Å². The highest BCUT2D eigenvalue weighted by Gasteiger charge is 2.39. The Morgan fingerprint density at radius 3 is 2.53 bits per heavy atom. The van der Waals surface area contributed by atoms with Crippen LogP contribution in [0, 0.1) is 0 Å². The Morgan fingerprint density at radius 1 is 1.25 bits per heavy atom. The van der Waals surface area contributed by atoms with Gasteiger partial charge in [-0.1, -0.05) is 11.6 Å². The molecule has 196 valence electrons. The van der Waals surface area contributed by atoms with Crippen molar-refractivity contribution in [2.24, 2.45) is 0 Å². The third-order valence-corrected chi connectivity index (χ3v) is 5.78. The molecule has 1 saturated heterocycles. The van der Waals surface area contributed by atoms with Crippen LogP contribution in [0.2, 0.25) is 5.02 Å². The van der Waals surface area contributed by atoms with Crippen LogP contribution in [0.4, 0.5) is 5.69 Å². The van der Waals surface area contributed by atoms with Crippen molar-refractivity contribution < 1.29 is 38.6 Å².